The minimum atomic E-state index is -0.389. The number of allylic oxidation sites excluding steroid dienone is 2. The molecule has 7 nitrogen and oxygen atoms in total. The normalized spacial score (nSPS) is 12.8. The van der Waals surface area contributed by atoms with Gasteiger partial charge in [0.1, 0.15) is 23.7 Å². The second-order valence-corrected chi connectivity index (χ2v) is 8.04. The molecule has 0 bridgehead atoms. The predicted molar refractivity (Wildman–Crippen MR) is 125 cm³/mol. The summed E-state index contributed by atoms with van der Waals surface area (Å²) < 4.78 is 16.4. The van der Waals surface area contributed by atoms with Crippen LogP contribution in [0.3, 0.4) is 0 Å². The summed E-state index contributed by atoms with van der Waals surface area (Å²) in [6.45, 7) is 5.57. The lowest BCUT2D eigenvalue weighted by Crippen LogP contribution is -2.11. The van der Waals surface area contributed by atoms with E-state index in [0.717, 1.165) is 22.3 Å². The highest BCUT2D eigenvalue weighted by atomic mass is 16.5. The number of anilines is 1. The van der Waals surface area contributed by atoms with E-state index in [0.29, 0.717) is 47.6 Å². The number of Topliss-reactive ketones (excluding diaryl/α,β-unsaturated/α-hetero) is 1. The maximum Gasteiger partial charge on any atom is 0.342 e. The van der Waals surface area contributed by atoms with Crippen molar-refractivity contribution in [2.75, 3.05) is 19.5 Å². The van der Waals surface area contributed by atoms with Crippen molar-refractivity contribution in [2.24, 2.45) is 0 Å². The molecule has 0 saturated heterocycles. The number of fused-ring (bicyclic) bond motifs is 1. The monoisotopic (exact) mass is 451 g/mol. The molecule has 0 unspecified atom stereocenters. The third kappa shape index (κ3) is 5.25. The summed E-state index contributed by atoms with van der Waals surface area (Å²) in [4.78, 5) is 36.1. The van der Waals surface area contributed by atoms with Crippen molar-refractivity contribution in [1.82, 2.24) is 0 Å². The second kappa shape index (κ2) is 10.3. The van der Waals surface area contributed by atoms with Crippen molar-refractivity contribution in [3.05, 3.63) is 63.7 Å². The van der Waals surface area contributed by atoms with Crippen molar-refractivity contribution >= 4 is 23.3 Å². The van der Waals surface area contributed by atoms with Gasteiger partial charge in [-0.2, -0.15) is 0 Å². The van der Waals surface area contributed by atoms with E-state index < -0.39 is 0 Å². The molecule has 0 spiro atoms. The van der Waals surface area contributed by atoms with E-state index >= 15 is 0 Å². The molecule has 7 heteroatoms. The summed E-state index contributed by atoms with van der Waals surface area (Å²) in [5.74, 6) is 0.582. The van der Waals surface area contributed by atoms with Crippen molar-refractivity contribution in [1.29, 1.82) is 0 Å². The van der Waals surface area contributed by atoms with Gasteiger partial charge in [0.05, 0.1) is 14.2 Å². The quantitative estimate of drug-likeness (QED) is 0.335. The summed E-state index contributed by atoms with van der Waals surface area (Å²) in [6.07, 6.45) is 3.36. The van der Waals surface area contributed by atoms with Crippen molar-refractivity contribution in [3.63, 3.8) is 0 Å². The molecule has 1 aliphatic heterocycles. The SMILES string of the molecule is COc1c(C)c2c(c(OC)c1CC=C(C)CCC(=O)Nc1cccc(C(C)=O)c1)C(=O)OC2. The molecule has 1 amide bonds. The number of methoxy groups -OCH3 is 2. The molecular weight excluding hydrogens is 422 g/mol. The largest absolute Gasteiger partial charge is 0.496 e. The van der Waals surface area contributed by atoms with Gasteiger partial charge in [-0.3, -0.25) is 9.59 Å². The average Bonchev–Trinajstić information content (AvgIpc) is 3.18. The van der Waals surface area contributed by atoms with Gasteiger partial charge in [0.15, 0.2) is 5.78 Å². The van der Waals surface area contributed by atoms with E-state index in [1.807, 2.05) is 19.9 Å². The van der Waals surface area contributed by atoms with E-state index in [9.17, 15) is 14.4 Å². The minimum Gasteiger partial charge on any atom is -0.496 e. The number of carbonyl (C=O) groups is 3. The number of benzene rings is 2. The Morgan fingerprint density at radius 1 is 1.12 bits per heavy atom. The molecular formula is C26H29NO6. The fourth-order valence-corrected chi connectivity index (χ4v) is 3.96. The molecule has 0 atom stereocenters. The van der Waals surface area contributed by atoms with Gasteiger partial charge in [-0.1, -0.05) is 23.8 Å². The fourth-order valence-electron chi connectivity index (χ4n) is 3.96. The number of hydrogen-bond donors (Lipinski definition) is 1. The molecule has 0 fully saturated rings. The van der Waals surface area contributed by atoms with Crippen LogP contribution in [0.1, 0.15) is 64.1 Å². The van der Waals surface area contributed by atoms with Crippen LogP contribution >= 0.6 is 0 Å². The summed E-state index contributed by atoms with van der Waals surface area (Å²) >= 11 is 0. The Labute approximate surface area is 193 Å². The number of rotatable bonds is 9. The Bertz CT molecular complexity index is 1130. The molecule has 33 heavy (non-hydrogen) atoms. The van der Waals surface area contributed by atoms with Crippen LogP contribution < -0.4 is 14.8 Å². The van der Waals surface area contributed by atoms with Crippen LogP contribution in [-0.4, -0.2) is 31.9 Å². The fraction of sp³-hybridized carbons (Fsp3) is 0.346. The van der Waals surface area contributed by atoms with Gasteiger partial charge in [-0.15, -0.1) is 0 Å². The molecule has 1 heterocycles. The molecule has 3 rings (SSSR count). The van der Waals surface area contributed by atoms with Crippen LogP contribution in [0.2, 0.25) is 0 Å². The number of ketones is 1. The highest BCUT2D eigenvalue weighted by Crippen LogP contribution is 2.42. The zero-order chi connectivity index (χ0) is 24.1. The van der Waals surface area contributed by atoms with Gasteiger partial charge in [0, 0.05) is 28.8 Å². The number of nitrogens with one attached hydrogen (secondary N) is 1. The van der Waals surface area contributed by atoms with Gasteiger partial charge in [0.2, 0.25) is 5.91 Å². The number of carbonyl (C=O) groups excluding carboxylic acids is 3. The predicted octanol–water partition coefficient (Wildman–Crippen LogP) is 4.79. The van der Waals surface area contributed by atoms with Crippen LogP contribution in [0.25, 0.3) is 0 Å². The third-order valence-corrected chi connectivity index (χ3v) is 5.78. The third-order valence-electron chi connectivity index (χ3n) is 5.78. The number of cyclic esters (lactones) is 1. The maximum atomic E-state index is 12.4. The maximum absolute atomic E-state index is 12.4. The molecule has 2 aromatic carbocycles. The lowest BCUT2D eigenvalue weighted by atomic mass is 9.94. The summed E-state index contributed by atoms with van der Waals surface area (Å²) in [5, 5.41) is 2.83. The van der Waals surface area contributed by atoms with Gasteiger partial charge in [-0.25, -0.2) is 4.79 Å². The number of amides is 1. The summed E-state index contributed by atoms with van der Waals surface area (Å²) in [5.41, 5.74) is 5.08. The first-order valence-corrected chi connectivity index (χ1v) is 10.8. The topological polar surface area (TPSA) is 90.9 Å². The van der Waals surface area contributed by atoms with Gasteiger partial charge >= 0.3 is 5.97 Å². The lowest BCUT2D eigenvalue weighted by Gasteiger charge is -2.18. The van der Waals surface area contributed by atoms with Gasteiger partial charge in [-0.05, 0) is 51.3 Å². The number of esters is 1. The zero-order valence-electron chi connectivity index (χ0n) is 19.7. The Kier molecular flexibility index (Phi) is 7.53. The molecule has 174 valence electrons. The van der Waals surface area contributed by atoms with Crippen molar-refractivity contribution in [3.8, 4) is 11.5 Å². The average molecular weight is 452 g/mol. The zero-order valence-corrected chi connectivity index (χ0v) is 19.7. The molecule has 0 saturated carbocycles. The van der Waals surface area contributed by atoms with E-state index in [-0.39, 0.29) is 24.3 Å². The highest BCUT2D eigenvalue weighted by Gasteiger charge is 2.32. The molecule has 2 aromatic rings. The van der Waals surface area contributed by atoms with E-state index in [1.165, 1.54) is 14.0 Å². The van der Waals surface area contributed by atoms with E-state index in [1.54, 1.807) is 31.4 Å². The second-order valence-electron chi connectivity index (χ2n) is 8.04. The Hall–Kier alpha value is -3.61. The molecule has 1 N–H and O–H groups in total. The summed E-state index contributed by atoms with van der Waals surface area (Å²) in [7, 11) is 3.12. The molecule has 0 aliphatic carbocycles. The first kappa shape index (κ1) is 24.0. The van der Waals surface area contributed by atoms with Crippen LogP contribution in [0.15, 0.2) is 35.9 Å². The Morgan fingerprint density at radius 2 is 1.85 bits per heavy atom. The van der Waals surface area contributed by atoms with E-state index in [4.69, 9.17) is 14.2 Å². The van der Waals surface area contributed by atoms with Gasteiger partial charge in [0.25, 0.3) is 0 Å². The standard InChI is InChI=1S/C26H29NO6/c1-15(10-12-22(29)27-19-8-6-7-18(13-19)17(3)28)9-11-20-24(31-4)16(2)21-14-33-26(30)23(21)25(20)32-5/h6-9,13H,10-12,14H2,1-5H3,(H,27,29). The highest BCUT2D eigenvalue weighted by molar-refractivity contribution is 5.98. The van der Waals surface area contributed by atoms with Crippen molar-refractivity contribution < 1.29 is 28.6 Å². The lowest BCUT2D eigenvalue weighted by molar-refractivity contribution is -0.116. The van der Waals surface area contributed by atoms with Gasteiger partial charge < -0.3 is 19.5 Å². The Morgan fingerprint density at radius 3 is 2.52 bits per heavy atom. The first-order chi connectivity index (χ1) is 15.8. The Balaban J connectivity index is 1.70. The number of ether oxygens (including phenoxy) is 3. The van der Waals surface area contributed by atoms with Crippen molar-refractivity contribution in [2.45, 2.75) is 46.6 Å². The summed E-state index contributed by atoms with van der Waals surface area (Å²) in [6, 6.07) is 6.88. The molecule has 1 aliphatic rings. The van der Waals surface area contributed by atoms with Crippen LogP contribution in [0, 0.1) is 6.92 Å². The van der Waals surface area contributed by atoms with Crippen LogP contribution in [0.4, 0.5) is 5.69 Å². The minimum absolute atomic E-state index is 0.0502. The number of hydrogen-bond acceptors (Lipinski definition) is 6. The van der Waals surface area contributed by atoms with E-state index in [2.05, 4.69) is 5.32 Å². The van der Waals surface area contributed by atoms with Crippen LogP contribution in [-0.2, 0) is 22.6 Å². The molecule has 0 aromatic heterocycles. The first-order valence-electron chi connectivity index (χ1n) is 10.8. The smallest absolute Gasteiger partial charge is 0.342 e. The van der Waals surface area contributed by atoms with Crippen LogP contribution in [0.5, 0.6) is 11.5 Å². The molecule has 0 radical (unpaired) electrons.